The fraction of sp³-hybridized carbons (Fsp3) is 0.684. The van der Waals surface area contributed by atoms with E-state index in [1.165, 1.54) is 0 Å². The van der Waals surface area contributed by atoms with Crippen molar-refractivity contribution < 1.29 is 24.5 Å². The lowest BCUT2D eigenvalue weighted by Gasteiger charge is -2.36. The van der Waals surface area contributed by atoms with E-state index in [2.05, 4.69) is 0 Å². The van der Waals surface area contributed by atoms with Crippen molar-refractivity contribution in [1.82, 2.24) is 9.80 Å². The van der Waals surface area contributed by atoms with E-state index < -0.39 is 11.7 Å². The van der Waals surface area contributed by atoms with Crippen LogP contribution in [-0.4, -0.2) is 69.9 Å². The minimum atomic E-state index is -1.01. The molecule has 0 saturated carbocycles. The van der Waals surface area contributed by atoms with Gasteiger partial charge in [-0.2, -0.15) is 0 Å². The summed E-state index contributed by atoms with van der Waals surface area (Å²) in [5, 5.41) is 20.2. The number of aliphatic hydroxyl groups excluding tert-OH is 2. The van der Waals surface area contributed by atoms with Gasteiger partial charge >= 0.3 is 6.09 Å². The summed E-state index contributed by atoms with van der Waals surface area (Å²) in [6, 6.07) is 0. The van der Waals surface area contributed by atoms with Gasteiger partial charge in [0.15, 0.2) is 0 Å². The normalized spacial score (nSPS) is 21.8. The highest BCUT2D eigenvalue weighted by Gasteiger charge is 2.33. The van der Waals surface area contributed by atoms with Gasteiger partial charge in [0.2, 0.25) is 0 Å². The van der Waals surface area contributed by atoms with Crippen molar-refractivity contribution in [3.05, 3.63) is 23.0 Å². The molecule has 146 valence electrons. The first-order chi connectivity index (χ1) is 12.0. The SMILES string of the molecule is CC(C)C1=C(O)CC(O)C(C(=O)N2CCN(C(=O)OC(C)(C)C)CC2)=C1. The van der Waals surface area contributed by atoms with Gasteiger partial charge < -0.3 is 24.7 Å². The van der Waals surface area contributed by atoms with E-state index >= 15 is 0 Å². The van der Waals surface area contributed by atoms with Gasteiger partial charge in [-0.3, -0.25) is 4.79 Å². The molecular weight excluding hydrogens is 336 g/mol. The van der Waals surface area contributed by atoms with Crippen molar-refractivity contribution in [2.75, 3.05) is 26.2 Å². The Morgan fingerprint density at radius 3 is 2.19 bits per heavy atom. The Hall–Kier alpha value is -2.02. The number of allylic oxidation sites excluding steroid dienone is 2. The van der Waals surface area contributed by atoms with Gasteiger partial charge in [0, 0.05) is 38.2 Å². The van der Waals surface area contributed by atoms with E-state index in [4.69, 9.17) is 4.74 Å². The molecule has 1 unspecified atom stereocenters. The molecule has 1 saturated heterocycles. The average Bonchev–Trinajstić information content (AvgIpc) is 2.52. The molecule has 0 spiro atoms. The van der Waals surface area contributed by atoms with Gasteiger partial charge in [0.05, 0.1) is 11.9 Å². The lowest BCUT2D eigenvalue weighted by atomic mass is 9.88. The maximum absolute atomic E-state index is 12.8. The number of ether oxygens (including phenoxy) is 1. The van der Waals surface area contributed by atoms with E-state index in [1.54, 1.807) is 15.9 Å². The molecule has 1 aliphatic heterocycles. The van der Waals surface area contributed by atoms with E-state index in [9.17, 15) is 19.8 Å². The average molecular weight is 366 g/mol. The zero-order chi connectivity index (χ0) is 19.6. The van der Waals surface area contributed by atoms with Gasteiger partial charge in [-0.15, -0.1) is 0 Å². The molecule has 2 aliphatic rings. The number of amides is 2. The Kier molecular flexibility index (Phi) is 6.01. The van der Waals surface area contributed by atoms with E-state index in [-0.39, 0.29) is 30.1 Å². The van der Waals surface area contributed by atoms with Crippen molar-refractivity contribution in [1.29, 1.82) is 0 Å². The second kappa shape index (κ2) is 7.70. The van der Waals surface area contributed by atoms with Crippen LogP contribution in [0.25, 0.3) is 0 Å². The molecule has 0 radical (unpaired) electrons. The van der Waals surface area contributed by atoms with Crippen molar-refractivity contribution in [2.45, 2.75) is 52.7 Å². The van der Waals surface area contributed by atoms with Gasteiger partial charge in [-0.1, -0.05) is 13.8 Å². The monoisotopic (exact) mass is 366 g/mol. The third kappa shape index (κ3) is 4.78. The molecule has 1 heterocycles. The van der Waals surface area contributed by atoms with Crippen LogP contribution in [0.3, 0.4) is 0 Å². The molecule has 7 nitrogen and oxygen atoms in total. The fourth-order valence-electron chi connectivity index (χ4n) is 3.06. The quantitative estimate of drug-likeness (QED) is 0.782. The zero-order valence-electron chi connectivity index (χ0n) is 16.3. The lowest BCUT2D eigenvalue weighted by Crippen LogP contribution is -2.52. The summed E-state index contributed by atoms with van der Waals surface area (Å²) in [6.07, 6.45) is 0.282. The first kappa shape index (κ1) is 20.3. The minimum absolute atomic E-state index is 0.0585. The van der Waals surface area contributed by atoms with Crippen LogP contribution in [0.1, 0.15) is 41.0 Å². The number of rotatable bonds is 2. The van der Waals surface area contributed by atoms with Crippen LogP contribution < -0.4 is 0 Å². The van der Waals surface area contributed by atoms with E-state index in [0.29, 0.717) is 37.3 Å². The number of nitrogens with zero attached hydrogens (tertiary/aromatic N) is 2. The first-order valence-corrected chi connectivity index (χ1v) is 9.08. The van der Waals surface area contributed by atoms with Crippen LogP contribution in [0.2, 0.25) is 0 Å². The number of carbonyl (C=O) groups excluding carboxylic acids is 2. The Labute approximate surface area is 154 Å². The van der Waals surface area contributed by atoms with Gasteiger partial charge in [0.25, 0.3) is 5.91 Å². The van der Waals surface area contributed by atoms with E-state index in [1.807, 2.05) is 34.6 Å². The molecule has 0 bridgehead atoms. The fourth-order valence-corrected chi connectivity index (χ4v) is 3.06. The van der Waals surface area contributed by atoms with Crippen LogP contribution >= 0.6 is 0 Å². The van der Waals surface area contributed by atoms with Crippen LogP contribution in [0.15, 0.2) is 23.0 Å². The summed E-state index contributed by atoms with van der Waals surface area (Å²) in [4.78, 5) is 28.1. The van der Waals surface area contributed by atoms with Crippen LogP contribution in [0, 0.1) is 5.92 Å². The second-order valence-electron chi connectivity index (χ2n) is 8.14. The Morgan fingerprint density at radius 1 is 1.15 bits per heavy atom. The van der Waals surface area contributed by atoms with Crippen molar-refractivity contribution >= 4 is 12.0 Å². The summed E-state index contributed by atoms with van der Waals surface area (Å²) in [5.74, 6) is -0.0416. The Balaban J connectivity index is 2.02. The Bertz CT molecular complexity index is 622. The maximum atomic E-state index is 12.8. The molecule has 1 atom stereocenters. The molecule has 0 aromatic carbocycles. The third-order valence-electron chi connectivity index (χ3n) is 4.48. The number of hydrogen-bond donors (Lipinski definition) is 2. The molecule has 0 aromatic rings. The molecular formula is C19H30N2O5. The maximum Gasteiger partial charge on any atom is 0.410 e. The molecule has 2 N–H and O–H groups in total. The predicted molar refractivity (Wildman–Crippen MR) is 97.6 cm³/mol. The molecule has 26 heavy (non-hydrogen) atoms. The highest BCUT2D eigenvalue weighted by Crippen LogP contribution is 2.29. The largest absolute Gasteiger partial charge is 0.512 e. The predicted octanol–water partition coefficient (Wildman–Crippen LogP) is 2.22. The van der Waals surface area contributed by atoms with Gasteiger partial charge in [-0.25, -0.2) is 4.79 Å². The van der Waals surface area contributed by atoms with Crippen molar-refractivity contribution in [3.63, 3.8) is 0 Å². The lowest BCUT2D eigenvalue weighted by molar-refractivity contribution is -0.130. The molecule has 0 aromatic heterocycles. The summed E-state index contributed by atoms with van der Waals surface area (Å²) < 4.78 is 5.36. The smallest absolute Gasteiger partial charge is 0.410 e. The third-order valence-corrected chi connectivity index (χ3v) is 4.48. The number of aliphatic hydroxyl groups is 2. The van der Waals surface area contributed by atoms with Crippen molar-refractivity contribution in [3.8, 4) is 0 Å². The number of carbonyl (C=O) groups is 2. The van der Waals surface area contributed by atoms with Crippen LogP contribution in [0.4, 0.5) is 4.79 Å². The summed E-state index contributed by atoms with van der Waals surface area (Å²) in [5.41, 5.74) is 0.436. The highest BCUT2D eigenvalue weighted by atomic mass is 16.6. The summed E-state index contributed by atoms with van der Waals surface area (Å²) in [7, 11) is 0. The summed E-state index contributed by atoms with van der Waals surface area (Å²) >= 11 is 0. The highest BCUT2D eigenvalue weighted by molar-refractivity contribution is 5.95. The van der Waals surface area contributed by atoms with Gasteiger partial charge in [-0.05, 0) is 38.3 Å². The van der Waals surface area contributed by atoms with Crippen LogP contribution in [-0.2, 0) is 9.53 Å². The van der Waals surface area contributed by atoms with Crippen LogP contribution in [0.5, 0.6) is 0 Å². The minimum Gasteiger partial charge on any atom is -0.512 e. The van der Waals surface area contributed by atoms with Gasteiger partial charge in [0.1, 0.15) is 5.60 Å². The zero-order valence-corrected chi connectivity index (χ0v) is 16.3. The number of piperazine rings is 1. The number of hydrogen-bond acceptors (Lipinski definition) is 5. The molecule has 2 rings (SSSR count). The topological polar surface area (TPSA) is 90.3 Å². The molecule has 1 fully saturated rings. The van der Waals surface area contributed by atoms with E-state index in [0.717, 1.165) is 0 Å². The molecule has 1 aliphatic carbocycles. The van der Waals surface area contributed by atoms with Crippen molar-refractivity contribution in [2.24, 2.45) is 5.92 Å². The first-order valence-electron chi connectivity index (χ1n) is 9.08. The molecule has 2 amide bonds. The summed E-state index contributed by atoms with van der Waals surface area (Å²) in [6.45, 7) is 10.9. The Morgan fingerprint density at radius 2 is 1.69 bits per heavy atom. The standard InChI is InChI=1S/C19H30N2O5/c1-12(2)13-10-14(16(23)11-15(13)22)17(24)20-6-8-21(9-7-20)18(25)26-19(3,4)5/h10,12,16,22-23H,6-9,11H2,1-5H3. The second-order valence-corrected chi connectivity index (χ2v) is 8.14. The molecule has 7 heteroatoms.